The van der Waals surface area contributed by atoms with E-state index in [4.69, 9.17) is 20.9 Å². The van der Waals surface area contributed by atoms with E-state index in [-0.39, 0.29) is 82.3 Å². The number of likely N-dealkylation sites (tertiary alicyclic amines) is 1. The fourth-order valence-electron chi connectivity index (χ4n) is 9.85. The number of aromatic nitrogens is 2. The summed E-state index contributed by atoms with van der Waals surface area (Å²) in [6.45, 7) is 10.1. The molecule has 0 aliphatic carbocycles. The number of rotatable bonds is 33. The summed E-state index contributed by atoms with van der Waals surface area (Å²) in [5.74, 6) is -8.34. The second kappa shape index (κ2) is 34.0. The third kappa shape index (κ3) is 19.5. The van der Waals surface area contributed by atoms with Gasteiger partial charge in [-0.25, -0.2) is 19.9 Å². The van der Waals surface area contributed by atoms with Crippen molar-refractivity contribution in [2.24, 2.45) is 34.2 Å². The van der Waals surface area contributed by atoms with Crippen LogP contribution in [-0.2, 0) is 57.7 Å². The summed E-state index contributed by atoms with van der Waals surface area (Å²) in [5.41, 5.74) is 11.3. The van der Waals surface area contributed by atoms with Gasteiger partial charge in [-0.05, 0) is 72.8 Å². The van der Waals surface area contributed by atoms with Gasteiger partial charge in [-0.2, -0.15) is 0 Å². The number of nitro groups is 3. The van der Waals surface area contributed by atoms with Gasteiger partial charge in [0.2, 0.25) is 29.5 Å². The second-order valence-corrected chi connectivity index (χ2v) is 21.4. The van der Waals surface area contributed by atoms with Crippen LogP contribution in [0.15, 0.2) is 90.3 Å². The number of amides is 6. The number of nitro benzene ring substituents is 2. The number of anilines is 1. The van der Waals surface area contributed by atoms with Crippen molar-refractivity contribution in [2.75, 3.05) is 25.1 Å². The van der Waals surface area contributed by atoms with Crippen molar-refractivity contribution in [3.05, 3.63) is 132 Å². The average molecular weight is 1250 g/mol. The standard InChI is InChI=1S/C57H77N15O15.ClH/c1-8-34(5)47(65-51(74)41(28-36-22-24-39(25-23-36)87-31-37-16-11-10-12-17-37)63-53(76)46(33(3)4)64-50(73)40(67-72(84)85)18-14-26-61-57(58)59)55(78)69(42-19-13-20-43(70(80)81)49(42)71(82)83)45(29-38-30-60-32-62-38)54(77)68-27-15-21-44(68)52(75)66-48(35(6)9-2)56(79)86-7;/h10-13,16-17,19-20,22-25,30,32-35,40-41,44-48,67H,8-9,14-15,18,21,26-29,31H2,1-7H3,(H,60,62)(H,63,76)(H,64,73)(H,65,74)(H,66,75)(H4,58,59,61);1H/t34-,35-,40-,41-,44-,45-,46-,47-,48-;/m0./s1. The SMILES string of the molecule is CC[C@H](C)[C@H](NC(=O)[C@@H]1CCCN1C(=O)[C@H](Cc1cnc[nH]1)N(C(=O)[C@@H](NC(=O)[C@H](Cc1ccc(OCc2ccccc2)cc1)NC(=O)[C@@H](NC(=O)[C@H](CCCN=C(N)N)N[N+](=O)[O-])C(C)C)[C@@H](C)CC)c1cccc([N+](=O)[O-])c1[N+](=O)[O-])C(=O)OC.Cl. The highest BCUT2D eigenvalue weighted by molar-refractivity contribution is 6.08. The van der Waals surface area contributed by atoms with Gasteiger partial charge in [0.25, 0.3) is 5.91 Å². The number of methoxy groups -OCH3 is 1. The Morgan fingerprint density at radius 2 is 1.43 bits per heavy atom. The van der Waals surface area contributed by atoms with Crippen molar-refractivity contribution >= 4 is 76.8 Å². The van der Waals surface area contributed by atoms with Gasteiger partial charge in [0.1, 0.15) is 54.3 Å². The molecule has 31 heteroatoms. The predicted octanol–water partition coefficient (Wildman–Crippen LogP) is 3.47. The van der Waals surface area contributed by atoms with E-state index in [0.29, 0.717) is 22.6 Å². The molecule has 1 fully saturated rings. The first-order valence-corrected chi connectivity index (χ1v) is 28.4. The molecule has 30 nitrogen and oxygen atoms in total. The molecular formula is C57H78ClN15O15. The molecule has 1 aliphatic rings. The number of aromatic amines is 1. The molecule has 0 radical (unpaired) electrons. The lowest BCUT2D eigenvalue weighted by atomic mass is 9.94. The number of guanidine groups is 1. The largest absolute Gasteiger partial charge is 0.489 e. The molecule has 6 amide bonds. The molecule has 1 aliphatic heterocycles. The number of para-hydroxylation sites is 1. The summed E-state index contributed by atoms with van der Waals surface area (Å²) in [5, 5.41) is 47.2. The lowest BCUT2D eigenvalue weighted by molar-refractivity contribution is -0.548. The molecule has 5 rings (SSSR count). The maximum Gasteiger partial charge on any atom is 0.369 e. The van der Waals surface area contributed by atoms with Crippen LogP contribution >= 0.6 is 12.4 Å². The minimum atomic E-state index is -1.88. The van der Waals surface area contributed by atoms with E-state index in [1.807, 2.05) is 35.8 Å². The predicted molar refractivity (Wildman–Crippen MR) is 324 cm³/mol. The van der Waals surface area contributed by atoms with Crippen LogP contribution in [0.5, 0.6) is 5.75 Å². The molecule has 0 bridgehead atoms. The summed E-state index contributed by atoms with van der Waals surface area (Å²) in [6, 6.07) is 8.25. The normalized spacial score (nSPS) is 15.4. The van der Waals surface area contributed by atoms with Crippen LogP contribution < -0.4 is 47.8 Å². The number of H-pyrrole nitrogens is 1. The van der Waals surface area contributed by atoms with Crippen molar-refractivity contribution < 1.29 is 57.9 Å². The van der Waals surface area contributed by atoms with Gasteiger partial charge in [0.15, 0.2) is 17.0 Å². The Labute approximate surface area is 513 Å². The molecule has 1 saturated heterocycles. The summed E-state index contributed by atoms with van der Waals surface area (Å²) in [6.07, 6.45) is 2.65. The van der Waals surface area contributed by atoms with Gasteiger partial charge in [0.05, 0.1) is 23.3 Å². The Bertz CT molecular complexity index is 3080. The van der Waals surface area contributed by atoms with E-state index in [0.717, 1.165) is 35.8 Å². The van der Waals surface area contributed by atoms with Crippen LogP contribution in [0.2, 0.25) is 0 Å². The van der Waals surface area contributed by atoms with Crippen LogP contribution in [0.1, 0.15) is 96.9 Å². The zero-order valence-electron chi connectivity index (χ0n) is 50.0. The third-order valence-electron chi connectivity index (χ3n) is 15.0. The van der Waals surface area contributed by atoms with Gasteiger partial charge in [-0.3, -0.25) is 58.9 Å². The Morgan fingerprint density at radius 3 is 2.01 bits per heavy atom. The van der Waals surface area contributed by atoms with Crippen LogP contribution in [0, 0.1) is 48.1 Å². The number of nitrogens with zero attached hydrogens (tertiary/aromatic N) is 7. The molecule has 0 unspecified atom stereocenters. The van der Waals surface area contributed by atoms with Crippen molar-refractivity contribution in [1.82, 2.24) is 41.6 Å². The number of esters is 1. The quantitative estimate of drug-likeness (QED) is 0.00845. The van der Waals surface area contributed by atoms with Gasteiger partial charge >= 0.3 is 17.3 Å². The number of carbonyl (C=O) groups excluding carboxylic acids is 7. The maximum absolute atomic E-state index is 16.1. The maximum atomic E-state index is 16.1. The molecule has 1 aromatic heterocycles. The summed E-state index contributed by atoms with van der Waals surface area (Å²) >= 11 is 0. The van der Waals surface area contributed by atoms with Gasteiger partial charge in [0, 0.05) is 43.9 Å². The highest BCUT2D eigenvalue weighted by Gasteiger charge is 2.47. The number of imidazole rings is 1. The highest BCUT2D eigenvalue weighted by atomic mass is 35.5. The van der Waals surface area contributed by atoms with Gasteiger partial charge < -0.3 is 52.1 Å². The second-order valence-electron chi connectivity index (χ2n) is 21.4. The van der Waals surface area contributed by atoms with E-state index >= 15 is 14.4 Å². The monoisotopic (exact) mass is 1250 g/mol. The number of hydrazine groups is 1. The molecule has 0 spiro atoms. The molecule has 478 valence electrons. The number of halogens is 1. The number of hydrogen-bond acceptors (Lipinski definition) is 17. The Hall–Kier alpha value is -9.48. The molecular weight excluding hydrogens is 1170 g/mol. The van der Waals surface area contributed by atoms with Crippen LogP contribution in [0.3, 0.4) is 0 Å². The Kier molecular flexibility index (Phi) is 27.4. The van der Waals surface area contributed by atoms with Gasteiger partial charge in [-0.1, -0.05) is 103 Å². The van der Waals surface area contributed by atoms with Crippen LogP contribution in [0.25, 0.3) is 0 Å². The Morgan fingerprint density at radius 1 is 0.784 bits per heavy atom. The third-order valence-corrected chi connectivity index (χ3v) is 15.0. The number of benzene rings is 3. The molecule has 88 heavy (non-hydrogen) atoms. The number of aliphatic imine (C=N–C) groups is 1. The van der Waals surface area contributed by atoms with E-state index < -0.39 is 140 Å². The summed E-state index contributed by atoms with van der Waals surface area (Å²) in [7, 11) is 1.16. The molecule has 4 aromatic rings. The topological polar surface area (TPSA) is 427 Å². The zero-order valence-corrected chi connectivity index (χ0v) is 50.8. The first-order chi connectivity index (χ1) is 41.4. The van der Waals surface area contributed by atoms with Crippen molar-refractivity contribution in [2.45, 2.75) is 142 Å². The lowest BCUT2D eigenvalue weighted by Gasteiger charge is -2.38. The fourth-order valence-corrected chi connectivity index (χ4v) is 9.85. The first kappa shape index (κ1) is 71.0. The lowest BCUT2D eigenvalue weighted by Crippen LogP contribution is -2.63. The minimum Gasteiger partial charge on any atom is -0.489 e. The Balaban J connectivity index is 0.0000166. The van der Waals surface area contributed by atoms with E-state index in [1.54, 1.807) is 65.8 Å². The zero-order chi connectivity index (χ0) is 64.1. The van der Waals surface area contributed by atoms with E-state index in [9.17, 15) is 49.5 Å². The fraction of sp³-hybridized carbons (Fsp3) is 0.491. The van der Waals surface area contributed by atoms with Gasteiger partial charge in [-0.15, -0.1) is 17.8 Å². The van der Waals surface area contributed by atoms with Crippen molar-refractivity contribution in [3.63, 3.8) is 0 Å². The molecule has 2 heterocycles. The number of ether oxygens (including phenoxy) is 2. The number of carbonyl (C=O) groups is 7. The van der Waals surface area contributed by atoms with Crippen LogP contribution in [0.4, 0.5) is 17.1 Å². The highest BCUT2D eigenvalue weighted by Crippen LogP contribution is 2.40. The number of hydrogen-bond donors (Lipinski definition) is 8. The summed E-state index contributed by atoms with van der Waals surface area (Å²) in [4.78, 5) is 151. The molecule has 9 atom stereocenters. The average Bonchev–Trinajstić information content (AvgIpc) is 3.80. The van der Waals surface area contributed by atoms with Crippen molar-refractivity contribution in [3.8, 4) is 5.75 Å². The van der Waals surface area contributed by atoms with Crippen LogP contribution in [-0.4, -0.2) is 140 Å². The molecule has 3 aromatic carbocycles. The summed E-state index contributed by atoms with van der Waals surface area (Å²) < 4.78 is 11.0. The smallest absolute Gasteiger partial charge is 0.369 e. The van der Waals surface area contributed by atoms with E-state index in [2.05, 4.69) is 36.2 Å². The number of nitrogens with two attached hydrogens (primary N) is 2. The van der Waals surface area contributed by atoms with E-state index in [1.165, 1.54) is 12.5 Å². The number of nitrogens with one attached hydrogen (secondary N) is 6. The molecule has 10 N–H and O–H groups in total. The first-order valence-electron chi connectivity index (χ1n) is 28.4. The molecule has 0 saturated carbocycles. The minimum absolute atomic E-state index is 0. The van der Waals surface area contributed by atoms with Crippen molar-refractivity contribution in [1.29, 1.82) is 0 Å².